The van der Waals surface area contributed by atoms with Gasteiger partial charge in [0, 0.05) is 12.8 Å². The van der Waals surface area contributed by atoms with E-state index in [9.17, 15) is 14.4 Å². The minimum atomic E-state index is -1.03. The summed E-state index contributed by atoms with van der Waals surface area (Å²) >= 11 is 0. The molecule has 2 N–H and O–H groups in total. The molecule has 0 aliphatic rings. The molecule has 0 radical (unpaired) electrons. The van der Waals surface area contributed by atoms with E-state index in [-0.39, 0.29) is 24.5 Å². The first-order chi connectivity index (χ1) is 16.0. The molecule has 0 heterocycles. The summed E-state index contributed by atoms with van der Waals surface area (Å²) in [6.45, 7) is 4.03. The van der Waals surface area contributed by atoms with Crippen molar-refractivity contribution in [3.05, 3.63) is 12.2 Å². The van der Waals surface area contributed by atoms with Gasteiger partial charge in [0.15, 0.2) is 0 Å². The average molecular weight is 468 g/mol. The van der Waals surface area contributed by atoms with Gasteiger partial charge < -0.3 is 15.2 Å². The van der Waals surface area contributed by atoms with Gasteiger partial charge in [-0.15, -0.1) is 0 Å². The Bertz CT molecular complexity index is 533. The largest absolute Gasteiger partial charge is 0.480 e. The molecule has 0 aromatic carbocycles. The number of ether oxygens (including phenoxy) is 1. The molecule has 1 amide bonds. The van der Waals surface area contributed by atoms with Crippen LogP contribution in [0.1, 0.15) is 129 Å². The number of aliphatic carboxylic acids is 1. The summed E-state index contributed by atoms with van der Waals surface area (Å²) in [4.78, 5) is 34.3. The topological polar surface area (TPSA) is 92.7 Å². The number of carboxylic acids is 1. The Morgan fingerprint density at radius 2 is 1.36 bits per heavy atom. The van der Waals surface area contributed by atoms with E-state index in [1.165, 1.54) is 32.1 Å². The molecule has 0 saturated carbocycles. The number of rotatable bonds is 23. The third-order valence-corrected chi connectivity index (χ3v) is 5.67. The number of allylic oxidation sites excluding steroid dienone is 2. The highest BCUT2D eigenvalue weighted by Gasteiger charge is 2.14. The number of carbonyl (C=O) groups excluding carboxylic acids is 2. The summed E-state index contributed by atoms with van der Waals surface area (Å²) in [6, 6.07) is 0. The van der Waals surface area contributed by atoms with Gasteiger partial charge in [-0.25, -0.2) is 0 Å². The molecule has 0 bridgehead atoms. The van der Waals surface area contributed by atoms with E-state index in [4.69, 9.17) is 9.84 Å². The summed E-state index contributed by atoms with van der Waals surface area (Å²) in [7, 11) is 0. The summed E-state index contributed by atoms with van der Waals surface area (Å²) in [5.74, 6) is -1.33. The van der Waals surface area contributed by atoms with Crippen molar-refractivity contribution in [2.24, 2.45) is 0 Å². The van der Waals surface area contributed by atoms with Crippen LogP contribution in [-0.2, 0) is 19.1 Å². The Labute approximate surface area is 201 Å². The molecular weight excluding hydrogens is 418 g/mol. The van der Waals surface area contributed by atoms with Crippen LogP contribution in [0, 0.1) is 0 Å². The second kappa shape index (κ2) is 23.3. The van der Waals surface area contributed by atoms with Crippen molar-refractivity contribution in [2.45, 2.75) is 136 Å². The maximum absolute atomic E-state index is 12.3. The highest BCUT2D eigenvalue weighted by atomic mass is 16.5. The number of hydrogen-bond donors (Lipinski definition) is 2. The molecular formula is C27H49NO5. The molecule has 0 aliphatic heterocycles. The lowest BCUT2D eigenvalue weighted by Gasteiger charge is -2.18. The Hall–Kier alpha value is -1.85. The highest BCUT2D eigenvalue weighted by Crippen LogP contribution is 2.17. The average Bonchev–Trinajstić information content (AvgIpc) is 2.78. The van der Waals surface area contributed by atoms with E-state index in [0.717, 1.165) is 70.6 Å². The molecule has 0 spiro atoms. The van der Waals surface area contributed by atoms with Crippen molar-refractivity contribution in [1.82, 2.24) is 5.32 Å². The van der Waals surface area contributed by atoms with Crippen molar-refractivity contribution in [1.29, 1.82) is 0 Å². The molecule has 0 rings (SSSR count). The standard InChI is InChI=1S/C27H49NO5/c1-3-5-7-8-9-10-11-12-13-18-22-27(32)33-24(19-15-6-4-2)20-16-14-17-21-25(29)28-23-26(30)31/h7-8,24H,3-6,9-23H2,1-2H3,(H,28,29)(H,30,31)/b8-7-. The predicted molar refractivity (Wildman–Crippen MR) is 134 cm³/mol. The normalized spacial score (nSPS) is 12.1. The zero-order valence-electron chi connectivity index (χ0n) is 21.2. The van der Waals surface area contributed by atoms with Crippen LogP contribution in [0.25, 0.3) is 0 Å². The van der Waals surface area contributed by atoms with E-state index in [2.05, 4.69) is 31.3 Å². The third kappa shape index (κ3) is 23.1. The van der Waals surface area contributed by atoms with Gasteiger partial charge in [-0.2, -0.15) is 0 Å². The summed E-state index contributed by atoms with van der Waals surface area (Å²) < 4.78 is 5.78. The van der Waals surface area contributed by atoms with Gasteiger partial charge in [-0.3, -0.25) is 14.4 Å². The summed E-state index contributed by atoms with van der Waals surface area (Å²) in [5, 5.41) is 10.9. The van der Waals surface area contributed by atoms with Gasteiger partial charge in [0.05, 0.1) is 0 Å². The fraction of sp³-hybridized carbons (Fsp3) is 0.815. The van der Waals surface area contributed by atoms with Crippen LogP contribution in [0.4, 0.5) is 0 Å². The lowest BCUT2D eigenvalue weighted by molar-refractivity contribution is -0.150. The van der Waals surface area contributed by atoms with Crippen molar-refractivity contribution in [3.63, 3.8) is 0 Å². The number of unbranched alkanes of at least 4 members (excludes halogenated alkanes) is 10. The molecule has 6 nitrogen and oxygen atoms in total. The first-order valence-electron chi connectivity index (χ1n) is 13.3. The molecule has 0 fully saturated rings. The zero-order chi connectivity index (χ0) is 24.6. The van der Waals surface area contributed by atoms with E-state index < -0.39 is 5.97 Å². The molecule has 0 saturated heterocycles. The van der Waals surface area contributed by atoms with Crippen molar-refractivity contribution < 1.29 is 24.2 Å². The zero-order valence-corrected chi connectivity index (χ0v) is 21.2. The molecule has 6 heteroatoms. The molecule has 0 aliphatic carbocycles. The smallest absolute Gasteiger partial charge is 0.322 e. The van der Waals surface area contributed by atoms with Crippen molar-refractivity contribution in [3.8, 4) is 0 Å². The minimum absolute atomic E-state index is 0.0280. The number of esters is 1. The molecule has 192 valence electrons. The molecule has 1 unspecified atom stereocenters. The van der Waals surface area contributed by atoms with Crippen LogP contribution in [0.3, 0.4) is 0 Å². The van der Waals surface area contributed by atoms with Crippen molar-refractivity contribution >= 4 is 17.8 Å². The number of amides is 1. The number of carbonyl (C=O) groups is 3. The van der Waals surface area contributed by atoms with Crippen LogP contribution in [-0.4, -0.2) is 35.6 Å². The van der Waals surface area contributed by atoms with Gasteiger partial charge in [-0.05, 0) is 57.8 Å². The van der Waals surface area contributed by atoms with Crippen LogP contribution in [0.2, 0.25) is 0 Å². The van der Waals surface area contributed by atoms with Gasteiger partial charge >= 0.3 is 11.9 Å². The number of hydrogen-bond acceptors (Lipinski definition) is 4. The van der Waals surface area contributed by atoms with E-state index in [0.29, 0.717) is 12.8 Å². The minimum Gasteiger partial charge on any atom is -0.480 e. The monoisotopic (exact) mass is 467 g/mol. The van der Waals surface area contributed by atoms with Gasteiger partial charge in [-0.1, -0.05) is 70.9 Å². The van der Waals surface area contributed by atoms with Gasteiger partial charge in [0.25, 0.3) is 0 Å². The van der Waals surface area contributed by atoms with Crippen molar-refractivity contribution in [2.75, 3.05) is 6.54 Å². The van der Waals surface area contributed by atoms with E-state index in [1.54, 1.807) is 0 Å². The Balaban J connectivity index is 3.96. The Kier molecular flexibility index (Phi) is 22.0. The van der Waals surface area contributed by atoms with E-state index in [1.807, 2.05) is 0 Å². The number of carboxylic acid groups (broad SMARTS) is 1. The predicted octanol–water partition coefficient (Wildman–Crippen LogP) is 6.72. The molecule has 0 aromatic rings. The first-order valence-corrected chi connectivity index (χ1v) is 13.3. The maximum atomic E-state index is 12.3. The second-order valence-corrected chi connectivity index (χ2v) is 8.94. The number of nitrogens with one attached hydrogen (secondary N) is 1. The van der Waals surface area contributed by atoms with Gasteiger partial charge in [0.2, 0.25) is 5.91 Å². The van der Waals surface area contributed by atoms with Crippen LogP contribution >= 0.6 is 0 Å². The SMILES string of the molecule is CCC/C=C\CCCCCCCC(=O)OC(CCCCC)CCCCCC(=O)NCC(=O)O. The van der Waals surface area contributed by atoms with E-state index >= 15 is 0 Å². The third-order valence-electron chi connectivity index (χ3n) is 5.67. The fourth-order valence-electron chi connectivity index (χ4n) is 3.69. The highest BCUT2D eigenvalue weighted by molar-refractivity contribution is 5.80. The summed E-state index contributed by atoms with van der Waals surface area (Å²) in [5.41, 5.74) is 0. The molecule has 33 heavy (non-hydrogen) atoms. The summed E-state index contributed by atoms with van der Waals surface area (Å²) in [6.07, 6.45) is 22.1. The molecule has 0 aromatic heterocycles. The van der Waals surface area contributed by atoms with Crippen LogP contribution < -0.4 is 5.32 Å². The lowest BCUT2D eigenvalue weighted by Crippen LogP contribution is -2.28. The molecule has 1 atom stereocenters. The maximum Gasteiger partial charge on any atom is 0.322 e. The Morgan fingerprint density at radius 1 is 0.758 bits per heavy atom. The van der Waals surface area contributed by atoms with Crippen LogP contribution in [0.15, 0.2) is 12.2 Å². The quantitative estimate of drug-likeness (QED) is 0.0988. The second-order valence-electron chi connectivity index (χ2n) is 8.94. The lowest BCUT2D eigenvalue weighted by atomic mass is 10.0. The first kappa shape index (κ1) is 31.1. The van der Waals surface area contributed by atoms with Crippen LogP contribution in [0.5, 0.6) is 0 Å². The fourth-order valence-corrected chi connectivity index (χ4v) is 3.69. The Morgan fingerprint density at radius 3 is 2.06 bits per heavy atom. The van der Waals surface area contributed by atoms with Gasteiger partial charge in [0.1, 0.15) is 12.6 Å².